The van der Waals surface area contributed by atoms with Gasteiger partial charge in [0.1, 0.15) is 19.0 Å². The second kappa shape index (κ2) is 8.31. The van der Waals surface area contributed by atoms with Gasteiger partial charge in [-0.25, -0.2) is 9.18 Å². The van der Waals surface area contributed by atoms with Crippen LogP contribution in [0.25, 0.3) is 0 Å². The average Bonchev–Trinajstić information content (AvgIpc) is 3.26. The van der Waals surface area contributed by atoms with E-state index in [0.29, 0.717) is 31.3 Å². The van der Waals surface area contributed by atoms with Crippen LogP contribution in [-0.2, 0) is 6.54 Å². The van der Waals surface area contributed by atoms with Crippen molar-refractivity contribution in [2.75, 3.05) is 13.2 Å². The zero-order chi connectivity index (χ0) is 19.3. The highest BCUT2D eigenvalue weighted by Crippen LogP contribution is 2.30. The Hall–Kier alpha value is -3.06. The van der Waals surface area contributed by atoms with Crippen LogP contribution < -0.4 is 20.1 Å². The first-order chi connectivity index (χ1) is 13.7. The molecule has 0 saturated carbocycles. The maximum Gasteiger partial charge on any atom is 0.315 e. The number of urea groups is 1. The van der Waals surface area contributed by atoms with Gasteiger partial charge in [-0.3, -0.25) is 0 Å². The summed E-state index contributed by atoms with van der Waals surface area (Å²) < 4.78 is 24.3. The predicted molar refractivity (Wildman–Crippen MR) is 105 cm³/mol. The van der Waals surface area contributed by atoms with Crippen LogP contribution in [0.1, 0.15) is 22.0 Å². The van der Waals surface area contributed by atoms with Gasteiger partial charge >= 0.3 is 6.03 Å². The second-order valence-corrected chi connectivity index (χ2v) is 7.28. The molecule has 5 nitrogen and oxygen atoms in total. The molecule has 1 aliphatic rings. The van der Waals surface area contributed by atoms with Crippen LogP contribution in [0.4, 0.5) is 9.18 Å². The lowest BCUT2D eigenvalue weighted by Crippen LogP contribution is -2.37. The highest BCUT2D eigenvalue weighted by atomic mass is 32.1. The van der Waals surface area contributed by atoms with E-state index in [9.17, 15) is 9.18 Å². The Morgan fingerprint density at radius 2 is 1.86 bits per heavy atom. The van der Waals surface area contributed by atoms with E-state index < -0.39 is 0 Å². The van der Waals surface area contributed by atoms with Gasteiger partial charge in [0.2, 0.25) is 0 Å². The molecule has 2 amide bonds. The molecule has 1 aromatic heterocycles. The number of nitrogens with one attached hydrogen (secondary N) is 2. The van der Waals surface area contributed by atoms with Crippen molar-refractivity contribution in [1.29, 1.82) is 0 Å². The number of fused-ring (bicyclic) bond motifs is 1. The van der Waals surface area contributed by atoms with Gasteiger partial charge in [0.05, 0.1) is 6.04 Å². The first-order valence-corrected chi connectivity index (χ1v) is 9.79. The minimum absolute atomic E-state index is 0.308. The summed E-state index contributed by atoms with van der Waals surface area (Å²) in [4.78, 5) is 13.5. The molecule has 2 N–H and O–H groups in total. The van der Waals surface area contributed by atoms with Crippen molar-refractivity contribution in [2.24, 2.45) is 0 Å². The summed E-state index contributed by atoms with van der Waals surface area (Å²) in [5, 5.41) is 7.78. The zero-order valence-corrected chi connectivity index (χ0v) is 15.8. The minimum atomic E-state index is -0.346. The van der Waals surface area contributed by atoms with E-state index in [0.717, 1.165) is 16.0 Å². The van der Waals surface area contributed by atoms with Crippen LogP contribution >= 0.6 is 11.3 Å². The monoisotopic (exact) mass is 398 g/mol. The number of benzene rings is 2. The minimum Gasteiger partial charge on any atom is -0.486 e. The largest absolute Gasteiger partial charge is 0.486 e. The van der Waals surface area contributed by atoms with Gasteiger partial charge in [-0.05, 0) is 46.8 Å². The fourth-order valence-electron chi connectivity index (χ4n) is 2.99. The molecule has 4 rings (SSSR count). The van der Waals surface area contributed by atoms with Gasteiger partial charge in [-0.1, -0.05) is 24.3 Å². The van der Waals surface area contributed by atoms with Gasteiger partial charge in [-0.2, -0.15) is 0 Å². The molecular formula is C21H19FN2O3S. The summed E-state index contributed by atoms with van der Waals surface area (Å²) in [6.45, 7) is 1.41. The molecule has 0 fully saturated rings. The standard InChI is InChI=1S/C21H19FN2O3S/c22-16-6-4-15(5-7-16)20(19-2-1-11-28-19)24-21(25)23-13-14-3-8-17-18(12-14)27-10-9-26-17/h1-8,11-12,20H,9-10,13H2,(H2,23,24,25)/t20-/m0/s1. The number of rotatable bonds is 5. The highest BCUT2D eigenvalue weighted by molar-refractivity contribution is 7.10. The summed E-state index contributed by atoms with van der Waals surface area (Å²) in [5.74, 6) is 1.10. The number of halogens is 1. The summed E-state index contributed by atoms with van der Waals surface area (Å²) >= 11 is 1.54. The van der Waals surface area contributed by atoms with Crippen molar-refractivity contribution in [2.45, 2.75) is 12.6 Å². The number of hydrogen-bond acceptors (Lipinski definition) is 4. The predicted octanol–water partition coefficient (Wildman–Crippen LogP) is 4.25. The van der Waals surface area contributed by atoms with Crippen LogP contribution in [0.5, 0.6) is 11.5 Å². The topological polar surface area (TPSA) is 59.6 Å². The normalized spacial score (nSPS) is 13.6. The van der Waals surface area contributed by atoms with Crippen molar-refractivity contribution >= 4 is 17.4 Å². The average molecular weight is 398 g/mol. The lowest BCUT2D eigenvalue weighted by atomic mass is 10.1. The number of carbonyl (C=O) groups is 1. The molecule has 0 unspecified atom stereocenters. The quantitative estimate of drug-likeness (QED) is 0.676. The molecule has 0 radical (unpaired) electrons. The Balaban J connectivity index is 1.42. The van der Waals surface area contributed by atoms with Crippen molar-refractivity contribution < 1.29 is 18.7 Å². The number of amides is 2. The van der Waals surface area contributed by atoms with Gasteiger partial charge in [0.15, 0.2) is 11.5 Å². The molecule has 0 saturated heterocycles. The second-order valence-electron chi connectivity index (χ2n) is 6.31. The summed E-state index contributed by atoms with van der Waals surface area (Å²) in [6.07, 6.45) is 0. The molecule has 0 spiro atoms. The molecule has 1 atom stereocenters. The lowest BCUT2D eigenvalue weighted by Gasteiger charge is -2.20. The van der Waals surface area contributed by atoms with Crippen molar-refractivity contribution in [1.82, 2.24) is 10.6 Å². The molecule has 0 aliphatic carbocycles. The van der Waals surface area contributed by atoms with E-state index in [1.165, 1.54) is 23.5 Å². The molecule has 28 heavy (non-hydrogen) atoms. The Labute approximate surface area is 166 Å². The van der Waals surface area contributed by atoms with E-state index in [-0.39, 0.29) is 17.9 Å². The van der Waals surface area contributed by atoms with E-state index in [1.54, 1.807) is 12.1 Å². The van der Waals surface area contributed by atoms with Crippen molar-refractivity contribution in [3.63, 3.8) is 0 Å². The maximum atomic E-state index is 13.3. The van der Waals surface area contributed by atoms with E-state index in [2.05, 4.69) is 10.6 Å². The number of carbonyl (C=O) groups excluding carboxylic acids is 1. The van der Waals surface area contributed by atoms with Gasteiger partial charge in [0.25, 0.3) is 0 Å². The number of ether oxygens (including phenoxy) is 2. The van der Waals surface area contributed by atoms with Crippen LogP contribution in [0.15, 0.2) is 60.0 Å². The van der Waals surface area contributed by atoms with Gasteiger partial charge < -0.3 is 20.1 Å². The highest BCUT2D eigenvalue weighted by Gasteiger charge is 2.18. The van der Waals surface area contributed by atoms with Crippen LogP contribution in [0.2, 0.25) is 0 Å². The third-order valence-corrected chi connectivity index (χ3v) is 5.30. The van der Waals surface area contributed by atoms with Crippen LogP contribution in [-0.4, -0.2) is 19.2 Å². The van der Waals surface area contributed by atoms with Crippen LogP contribution in [0.3, 0.4) is 0 Å². The van der Waals surface area contributed by atoms with Gasteiger partial charge in [0, 0.05) is 11.4 Å². The smallest absolute Gasteiger partial charge is 0.315 e. The summed E-state index contributed by atoms with van der Waals surface area (Å²) in [5.41, 5.74) is 1.73. The van der Waals surface area contributed by atoms with Gasteiger partial charge in [-0.15, -0.1) is 11.3 Å². The Morgan fingerprint density at radius 1 is 1.07 bits per heavy atom. The zero-order valence-electron chi connectivity index (χ0n) is 15.0. The van der Waals surface area contributed by atoms with Crippen molar-refractivity contribution in [3.05, 3.63) is 81.8 Å². The molecular weight excluding hydrogens is 379 g/mol. The molecule has 2 heterocycles. The summed E-state index contributed by atoms with van der Waals surface area (Å²) in [7, 11) is 0. The third kappa shape index (κ3) is 4.26. The Kier molecular flexibility index (Phi) is 5.43. The SMILES string of the molecule is O=C(NCc1ccc2c(c1)OCCO2)N[C@@H](c1ccc(F)cc1)c1cccs1. The Bertz CT molecular complexity index is 945. The molecule has 144 valence electrons. The first-order valence-electron chi connectivity index (χ1n) is 8.91. The lowest BCUT2D eigenvalue weighted by molar-refractivity contribution is 0.171. The molecule has 7 heteroatoms. The maximum absolute atomic E-state index is 13.3. The fourth-order valence-corrected chi connectivity index (χ4v) is 3.79. The summed E-state index contributed by atoms with van der Waals surface area (Å²) in [6, 6.07) is 15.0. The van der Waals surface area contributed by atoms with E-state index >= 15 is 0 Å². The number of thiophene rings is 1. The Morgan fingerprint density at radius 3 is 2.61 bits per heavy atom. The van der Waals surface area contributed by atoms with Crippen molar-refractivity contribution in [3.8, 4) is 11.5 Å². The van der Waals surface area contributed by atoms with E-state index in [4.69, 9.17) is 9.47 Å². The third-order valence-electron chi connectivity index (χ3n) is 4.37. The number of hydrogen-bond donors (Lipinski definition) is 2. The van der Waals surface area contributed by atoms with Crippen LogP contribution in [0, 0.1) is 5.82 Å². The fraction of sp³-hybridized carbons (Fsp3) is 0.190. The van der Waals surface area contributed by atoms with E-state index in [1.807, 2.05) is 35.7 Å². The molecule has 2 aromatic carbocycles. The molecule has 0 bridgehead atoms. The molecule has 3 aromatic rings. The first kappa shape index (κ1) is 18.3. The molecule has 1 aliphatic heterocycles.